The monoisotopic (exact) mass is 576 g/mol. The minimum Gasteiger partial charge on any atom is -0.492 e. The number of aromatic nitrogens is 4. The molecule has 2 heterocycles. The molecule has 0 saturated carbocycles. The van der Waals surface area contributed by atoms with E-state index >= 15 is 0 Å². The van der Waals surface area contributed by atoms with Crippen molar-refractivity contribution in [2.75, 3.05) is 23.8 Å². The zero-order chi connectivity index (χ0) is 26.4. The normalized spacial score (nSPS) is 11.1. The number of hydrogen-bond acceptors (Lipinski definition) is 6. The first kappa shape index (κ1) is 26.4. The summed E-state index contributed by atoms with van der Waals surface area (Å²) < 4.78 is 7.68. The van der Waals surface area contributed by atoms with Gasteiger partial charge in [-0.3, -0.25) is 9.48 Å². The third kappa shape index (κ3) is 7.65. The van der Waals surface area contributed by atoms with Crippen molar-refractivity contribution in [1.29, 1.82) is 0 Å². The second-order valence-corrected chi connectivity index (χ2v) is 14.9. The number of nitrogens with zero attached hydrogens (tertiary/aromatic N) is 4. The zero-order valence-corrected chi connectivity index (χ0v) is 23.9. The van der Waals surface area contributed by atoms with E-state index in [4.69, 9.17) is 4.74 Å². The molecule has 10 heteroatoms. The van der Waals surface area contributed by atoms with Crippen molar-refractivity contribution >= 4 is 52.4 Å². The summed E-state index contributed by atoms with van der Waals surface area (Å²) in [6, 6.07) is 11.8. The standard InChI is InChI=1S/C27H29BrN6O2Si/c1-34-18-22(17-31-34)20-12-23(14-24(13-20)36-9-8-29-26(35)15-28)32-27-30-16-21-11-19(5-6-25(21)33-27)7-10-37(2,3)4/h5-6,11-14,16-18H,8-9,15H2,1-4H3,(H,29,35)(H,30,32,33). The molecule has 0 aliphatic heterocycles. The Hall–Kier alpha value is -3.68. The van der Waals surface area contributed by atoms with Gasteiger partial charge in [-0.1, -0.05) is 41.5 Å². The van der Waals surface area contributed by atoms with Gasteiger partial charge in [0.15, 0.2) is 0 Å². The average molecular weight is 578 g/mol. The van der Waals surface area contributed by atoms with E-state index in [-0.39, 0.29) is 11.2 Å². The molecule has 0 aliphatic rings. The molecule has 0 atom stereocenters. The van der Waals surface area contributed by atoms with Crippen LogP contribution in [0.15, 0.2) is 55.0 Å². The number of rotatable bonds is 8. The van der Waals surface area contributed by atoms with Gasteiger partial charge in [0.2, 0.25) is 11.9 Å². The number of carbonyl (C=O) groups is 1. The van der Waals surface area contributed by atoms with Crippen molar-refractivity contribution in [2.24, 2.45) is 7.05 Å². The summed E-state index contributed by atoms with van der Waals surface area (Å²) in [5.74, 6) is 4.34. The van der Waals surface area contributed by atoms with Gasteiger partial charge < -0.3 is 15.4 Å². The molecule has 0 spiro atoms. The van der Waals surface area contributed by atoms with Crippen molar-refractivity contribution in [1.82, 2.24) is 25.1 Å². The Balaban J connectivity index is 1.56. The number of halogens is 1. The molecule has 2 aromatic carbocycles. The van der Waals surface area contributed by atoms with Crippen LogP contribution in [-0.4, -0.2) is 52.2 Å². The topological polar surface area (TPSA) is 94.0 Å². The van der Waals surface area contributed by atoms with Crippen LogP contribution in [0.25, 0.3) is 22.0 Å². The predicted octanol–water partition coefficient (Wildman–Crippen LogP) is 4.89. The van der Waals surface area contributed by atoms with Crippen LogP contribution in [-0.2, 0) is 11.8 Å². The Kier molecular flexibility index (Phi) is 8.26. The predicted molar refractivity (Wildman–Crippen MR) is 154 cm³/mol. The minimum absolute atomic E-state index is 0.0845. The van der Waals surface area contributed by atoms with E-state index in [1.807, 2.05) is 49.6 Å². The molecule has 4 rings (SSSR count). The van der Waals surface area contributed by atoms with Crippen LogP contribution in [0.3, 0.4) is 0 Å². The van der Waals surface area contributed by atoms with Gasteiger partial charge in [-0.2, -0.15) is 5.10 Å². The number of alkyl halides is 1. The van der Waals surface area contributed by atoms with E-state index in [1.54, 1.807) is 17.1 Å². The maximum Gasteiger partial charge on any atom is 0.230 e. The lowest BCUT2D eigenvalue weighted by Crippen LogP contribution is -2.28. The van der Waals surface area contributed by atoms with Gasteiger partial charge >= 0.3 is 0 Å². The van der Waals surface area contributed by atoms with Crippen molar-refractivity contribution in [3.8, 4) is 28.3 Å². The number of carbonyl (C=O) groups excluding carboxylic acids is 1. The molecule has 0 bridgehead atoms. The van der Waals surface area contributed by atoms with E-state index in [1.165, 1.54) is 0 Å². The van der Waals surface area contributed by atoms with Crippen molar-refractivity contribution < 1.29 is 9.53 Å². The Morgan fingerprint density at radius 2 is 1.97 bits per heavy atom. The molecule has 0 aliphatic carbocycles. The number of aryl methyl sites for hydroxylation is 1. The summed E-state index contributed by atoms with van der Waals surface area (Å²) in [4.78, 5) is 20.7. The van der Waals surface area contributed by atoms with E-state index < -0.39 is 8.07 Å². The highest BCUT2D eigenvalue weighted by molar-refractivity contribution is 9.09. The first-order chi connectivity index (χ1) is 17.7. The summed E-state index contributed by atoms with van der Waals surface area (Å²) in [7, 11) is 0.427. The van der Waals surface area contributed by atoms with Gasteiger partial charge in [0.25, 0.3) is 0 Å². The number of amides is 1. The number of ether oxygens (including phenoxy) is 1. The number of benzene rings is 2. The maximum atomic E-state index is 11.5. The van der Waals surface area contributed by atoms with E-state index in [9.17, 15) is 4.79 Å². The van der Waals surface area contributed by atoms with Crippen LogP contribution in [0, 0.1) is 11.5 Å². The van der Waals surface area contributed by atoms with Crippen molar-refractivity contribution in [3.05, 3.63) is 60.6 Å². The molecule has 1 amide bonds. The fourth-order valence-corrected chi connectivity index (χ4v) is 4.18. The number of fused-ring (bicyclic) bond motifs is 1. The van der Waals surface area contributed by atoms with Crippen molar-refractivity contribution in [2.45, 2.75) is 19.6 Å². The van der Waals surface area contributed by atoms with Crippen LogP contribution in [0.2, 0.25) is 19.6 Å². The second-order valence-electron chi connectivity index (χ2n) is 9.57. The largest absolute Gasteiger partial charge is 0.492 e. The fourth-order valence-electron chi connectivity index (χ4n) is 3.46. The molecular formula is C27H29BrN6O2Si. The number of nitrogens with one attached hydrogen (secondary N) is 2. The molecule has 0 fully saturated rings. The van der Waals surface area contributed by atoms with E-state index in [2.05, 4.69) is 72.7 Å². The molecule has 2 aromatic heterocycles. The average Bonchev–Trinajstić information content (AvgIpc) is 3.31. The van der Waals surface area contributed by atoms with Crippen LogP contribution in [0.5, 0.6) is 5.75 Å². The molecule has 4 aromatic rings. The number of anilines is 2. The Morgan fingerprint density at radius 1 is 1.14 bits per heavy atom. The molecule has 190 valence electrons. The van der Waals surface area contributed by atoms with Gasteiger partial charge in [0, 0.05) is 47.7 Å². The lowest BCUT2D eigenvalue weighted by atomic mass is 10.1. The third-order valence-electron chi connectivity index (χ3n) is 5.18. The molecule has 0 saturated heterocycles. The third-order valence-corrected chi connectivity index (χ3v) is 6.56. The summed E-state index contributed by atoms with van der Waals surface area (Å²) >= 11 is 3.14. The number of hydrogen-bond donors (Lipinski definition) is 2. The summed E-state index contributed by atoms with van der Waals surface area (Å²) in [6.07, 6.45) is 5.54. The van der Waals surface area contributed by atoms with Crippen LogP contribution in [0.4, 0.5) is 11.6 Å². The Bertz CT molecular complexity index is 1490. The van der Waals surface area contributed by atoms with Gasteiger partial charge in [-0.15, -0.1) is 5.54 Å². The van der Waals surface area contributed by atoms with E-state index in [0.29, 0.717) is 24.8 Å². The highest BCUT2D eigenvalue weighted by Crippen LogP contribution is 2.30. The molecule has 8 nitrogen and oxygen atoms in total. The lowest BCUT2D eigenvalue weighted by Gasteiger charge is -2.12. The zero-order valence-electron chi connectivity index (χ0n) is 21.3. The molecule has 37 heavy (non-hydrogen) atoms. The minimum atomic E-state index is -1.45. The first-order valence-electron chi connectivity index (χ1n) is 11.9. The maximum absolute atomic E-state index is 11.5. The van der Waals surface area contributed by atoms with Gasteiger partial charge in [-0.25, -0.2) is 9.97 Å². The van der Waals surface area contributed by atoms with Gasteiger partial charge in [0.05, 0.1) is 23.6 Å². The Labute approximate surface area is 226 Å². The quantitative estimate of drug-likeness (QED) is 0.134. The highest BCUT2D eigenvalue weighted by atomic mass is 79.9. The fraction of sp³-hybridized carbons (Fsp3) is 0.259. The second kappa shape index (κ2) is 11.6. The van der Waals surface area contributed by atoms with E-state index in [0.717, 1.165) is 33.3 Å². The molecule has 2 N–H and O–H groups in total. The SMILES string of the molecule is Cn1cc(-c2cc(Nc3ncc4cc(C#C[Si](C)(C)C)ccc4n3)cc(OCCNC(=O)CBr)c2)cn1. The lowest BCUT2D eigenvalue weighted by molar-refractivity contribution is -0.118. The molecule has 0 unspecified atom stereocenters. The van der Waals surface area contributed by atoms with Gasteiger partial charge in [-0.05, 0) is 35.9 Å². The highest BCUT2D eigenvalue weighted by Gasteiger charge is 2.10. The van der Waals surface area contributed by atoms with Crippen LogP contribution < -0.4 is 15.4 Å². The van der Waals surface area contributed by atoms with Crippen molar-refractivity contribution in [3.63, 3.8) is 0 Å². The Morgan fingerprint density at radius 3 is 2.70 bits per heavy atom. The van der Waals surface area contributed by atoms with Gasteiger partial charge in [0.1, 0.15) is 20.4 Å². The smallest absolute Gasteiger partial charge is 0.230 e. The summed E-state index contributed by atoms with van der Waals surface area (Å²) in [5, 5.41) is 11.6. The summed E-state index contributed by atoms with van der Waals surface area (Å²) in [6.45, 7) is 7.42. The van der Waals surface area contributed by atoms with Crippen LogP contribution in [0.1, 0.15) is 5.56 Å². The molecular weight excluding hydrogens is 548 g/mol. The molecule has 0 radical (unpaired) electrons. The van der Waals surface area contributed by atoms with Crippen LogP contribution >= 0.6 is 15.9 Å². The summed E-state index contributed by atoms with van der Waals surface area (Å²) in [5.41, 5.74) is 7.86. The first-order valence-corrected chi connectivity index (χ1v) is 16.5.